The van der Waals surface area contributed by atoms with Crippen molar-refractivity contribution in [1.82, 2.24) is 5.32 Å². The molecule has 1 amide bonds. The van der Waals surface area contributed by atoms with E-state index in [0.717, 1.165) is 0 Å². The maximum absolute atomic E-state index is 11.7. The van der Waals surface area contributed by atoms with E-state index in [4.69, 9.17) is 14.6 Å². The summed E-state index contributed by atoms with van der Waals surface area (Å²) < 4.78 is 14.7. The van der Waals surface area contributed by atoms with Gasteiger partial charge in [0.2, 0.25) is 5.91 Å². The lowest BCUT2D eigenvalue weighted by molar-refractivity contribution is -0.145. The fourth-order valence-corrected chi connectivity index (χ4v) is 1.66. The molecule has 1 rings (SSSR count). The number of carbonyl (C=O) groups is 2. The average Bonchev–Trinajstić information content (AvgIpc) is 2.56. The quantitative estimate of drug-likeness (QED) is 0.558. The number of aliphatic hydroxyl groups excluding tert-OH is 1. The number of ether oxygens (including phenoxy) is 3. The van der Waals surface area contributed by atoms with Crippen molar-refractivity contribution in [1.29, 1.82) is 0 Å². The zero-order valence-corrected chi connectivity index (χ0v) is 12.7. The van der Waals surface area contributed by atoms with Crippen molar-refractivity contribution in [2.75, 3.05) is 27.9 Å². The van der Waals surface area contributed by atoms with Gasteiger partial charge in [-0.05, 0) is 18.2 Å². The molecule has 7 heteroatoms. The van der Waals surface area contributed by atoms with Gasteiger partial charge in [0.1, 0.15) is 11.5 Å². The van der Waals surface area contributed by atoms with Gasteiger partial charge in [-0.25, -0.2) is 4.79 Å². The monoisotopic (exact) mass is 309 g/mol. The van der Waals surface area contributed by atoms with Crippen molar-refractivity contribution in [3.05, 3.63) is 29.8 Å². The Morgan fingerprint density at radius 3 is 2.55 bits per heavy atom. The Morgan fingerprint density at radius 2 is 2.00 bits per heavy atom. The molecule has 0 fully saturated rings. The number of methoxy groups -OCH3 is 3. The second-order valence-electron chi connectivity index (χ2n) is 4.21. The van der Waals surface area contributed by atoms with Crippen molar-refractivity contribution in [2.45, 2.75) is 6.04 Å². The summed E-state index contributed by atoms with van der Waals surface area (Å²) in [5.74, 6) is -0.0897. The minimum absolute atomic E-state index is 0.537. The maximum atomic E-state index is 11.7. The van der Waals surface area contributed by atoms with E-state index in [1.807, 2.05) is 0 Å². The lowest BCUT2D eigenvalue weighted by atomic mass is 10.1. The third-order valence-corrected chi connectivity index (χ3v) is 2.84. The molecule has 2 N–H and O–H groups in total. The molecule has 1 atom stereocenters. The molecule has 7 nitrogen and oxygen atoms in total. The van der Waals surface area contributed by atoms with Gasteiger partial charge in [-0.2, -0.15) is 0 Å². The van der Waals surface area contributed by atoms with Gasteiger partial charge in [0.05, 0.1) is 27.9 Å². The molecule has 0 aromatic heterocycles. The number of carbonyl (C=O) groups excluding carboxylic acids is 2. The summed E-state index contributed by atoms with van der Waals surface area (Å²) >= 11 is 0. The van der Waals surface area contributed by atoms with Gasteiger partial charge in [0, 0.05) is 17.7 Å². The first kappa shape index (κ1) is 17.5. The number of hydrogen-bond acceptors (Lipinski definition) is 6. The molecule has 0 aliphatic rings. The summed E-state index contributed by atoms with van der Waals surface area (Å²) in [5, 5.41) is 11.4. The summed E-state index contributed by atoms with van der Waals surface area (Å²) in [6, 6.07) is 4.04. The molecule has 22 heavy (non-hydrogen) atoms. The van der Waals surface area contributed by atoms with Crippen LogP contribution in [0.3, 0.4) is 0 Å². The van der Waals surface area contributed by atoms with Gasteiger partial charge in [0.15, 0.2) is 6.04 Å². The zero-order chi connectivity index (χ0) is 16.5. The average molecular weight is 309 g/mol. The standard InChI is InChI=1S/C15H19NO6/c1-20-11-6-4-10(13(8-11)21-2)5-7-14(18)16-12(9-17)15(19)22-3/h4-8,12,17H,9H2,1-3H3,(H,16,18)/b7-5+/t12-/m0/s1. The molecule has 0 unspecified atom stereocenters. The summed E-state index contributed by atoms with van der Waals surface area (Å²) in [6.07, 6.45) is 2.76. The second-order valence-corrected chi connectivity index (χ2v) is 4.21. The van der Waals surface area contributed by atoms with E-state index in [2.05, 4.69) is 10.1 Å². The fraction of sp³-hybridized carbons (Fsp3) is 0.333. The van der Waals surface area contributed by atoms with Crippen LogP contribution in [-0.4, -0.2) is 51.0 Å². The van der Waals surface area contributed by atoms with Gasteiger partial charge in [-0.15, -0.1) is 0 Å². The normalized spacial score (nSPS) is 11.8. The summed E-state index contributed by atoms with van der Waals surface area (Å²) in [6.45, 7) is -0.544. The second kappa shape index (κ2) is 8.68. The predicted molar refractivity (Wildman–Crippen MR) is 79.6 cm³/mol. The van der Waals surface area contributed by atoms with Crippen LogP contribution in [0.5, 0.6) is 11.5 Å². The van der Waals surface area contributed by atoms with Crippen LogP contribution >= 0.6 is 0 Å². The van der Waals surface area contributed by atoms with Crippen molar-refractivity contribution >= 4 is 18.0 Å². The van der Waals surface area contributed by atoms with Crippen molar-refractivity contribution in [3.63, 3.8) is 0 Å². The molecule has 1 aromatic carbocycles. The van der Waals surface area contributed by atoms with Crippen molar-refractivity contribution in [2.24, 2.45) is 0 Å². The Bertz CT molecular complexity index is 555. The molecule has 0 heterocycles. The van der Waals surface area contributed by atoms with E-state index in [1.165, 1.54) is 26.4 Å². The summed E-state index contributed by atoms with van der Waals surface area (Å²) in [5.41, 5.74) is 0.664. The Hall–Kier alpha value is -2.54. The minimum Gasteiger partial charge on any atom is -0.497 e. The number of aliphatic hydroxyl groups is 1. The molecule has 120 valence electrons. The van der Waals surface area contributed by atoms with Crippen LogP contribution in [0.1, 0.15) is 5.56 Å². The third-order valence-electron chi connectivity index (χ3n) is 2.84. The predicted octanol–water partition coefficient (Wildman–Crippen LogP) is 0.367. The van der Waals surface area contributed by atoms with E-state index in [9.17, 15) is 9.59 Å². The number of nitrogens with one attached hydrogen (secondary N) is 1. The highest BCUT2D eigenvalue weighted by molar-refractivity contribution is 5.94. The van der Waals surface area contributed by atoms with Crippen LogP contribution < -0.4 is 14.8 Å². The smallest absolute Gasteiger partial charge is 0.330 e. The van der Waals surface area contributed by atoms with Gasteiger partial charge in [-0.1, -0.05) is 0 Å². The molecule has 0 bridgehead atoms. The maximum Gasteiger partial charge on any atom is 0.330 e. The van der Waals surface area contributed by atoms with E-state index >= 15 is 0 Å². The number of benzene rings is 1. The Labute approximate surface area is 128 Å². The first-order chi connectivity index (χ1) is 10.5. The highest BCUT2D eigenvalue weighted by Gasteiger charge is 2.19. The fourth-order valence-electron chi connectivity index (χ4n) is 1.66. The molecule has 1 aromatic rings. The van der Waals surface area contributed by atoms with Gasteiger partial charge in [0.25, 0.3) is 0 Å². The molecule has 0 spiro atoms. The Balaban J connectivity index is 2.79. The van der Waals surface area contributed by atoms with E-state index in [1.54, 1.807) is 25.3 Å². The lowest BCUT2D eigenvalue weighted by Crippen LogP contribution is -2.43. The minimum atomic E-state index is -1.10. The van der Waals surface area contributed by atoms with Gasteiger partial charge < -0.3 is 24.6 Å². The third kappa shape index (κ3) is 4.78. The number of hydrogen-bond donors (Lipinski definition) is 2. The highest BCUT2D eigenvalue weighted by atomic mass is 16.5. The Kier molecular flexibility index (Phi) is 6.91. The van der Waals surface area contributed by atoms with Crippen molar-refractivity contribution in [3.8, 4) is 11.5 Å². The number of amides is 1. The first-order valence-electron chi connectivity index (χ1n) is 6.45. The van der Waals surface area contributed by atoms with Crippen LogP contribution in [0.25, 0.3) is 6.08 Å². The summed E-state index contributed by atoms with van der Waals surface area (Å²) in [7, 11) is 4.22. The SMILES string of the molecule is COC(=O)[C@H](CO)NC(=O)/C=C/c1ccc(OC)cc1OC. The first-order valence-corrected chi connectivity index (χ1v) is 6.45. The number of rotatable bonds is 7. The highest BCUT2D eigenvalue weighted by Crippen LogP contribution is 2.25. The molecule has 0 saturated heterocycles. The largest absolute Gasteiger partial charge is 0.497 e. The van der Waals surface area contributed by atoms with Gasteiger partial charge in [-0.3, -0.25) is 4.79 Å². The molecule has 0 saturated carbocycles. The van der Waals surface area contributed by atoms with E-state index < -0.39 is 24.5 Å². The van der Waals surface area contributed by atoms with E-state index in [0.29, 0.717) is 17.1 Å². The van der Waals surface area contributed by atoms with Crippen molar-refractivity contribution < 1.29 is 28.9 Å². The molecule has 0 aliphatic carbocycles. The van der Waals surface area contributed by atoms with Crippen LogP contribution in [0.2, 0.25) is 0 Å². The van der Waals surface area contributed by atoms with Crippen LogP contribution in [0, 0.1) is 0 Å². The van der Waals surface area contributed by atoms with E-state index in [-0.39, 0.29) is 0 Å². The molecular formula is C15H19NO6. The zero-order valence-electron chi connectivity index (χ0n) is 12.7. The van der Waals surface area contributed by atoms with Gasteiger partial charge >= 0.3 is 5.97 Å². The lowest BCUT2D eigenvalue weighted by Gasteiger charge is -2.12. The molecule has 0 radical (unpaired) electrons. The Morgan fingerprint density at radius 1 is 1.27 bits per heavy atom. The topological polar surface area (TPSA) is 94.1 Å². The summed E-state index contributed by atoms with van der Waals surface area (Å²) in [4.78, 5) is 23.0. The number of esters is 1. The van der Waals surface area contributed by atoms with Crippen LogP contribution in [0.4, 0.5) is 0 Å². The molecular weight excluding hydrogens is 290 g/mol. The van der Waals surface area contributed by atoms with Crippen LogP contribution in [0.15, 0.2) is 24.3 Å². The molecule has 0 aliphatic heterocycles. The van der Waals surface area contributed by atoms with Crippen LogP contribution in [-0.2, 0) is 14.3 Å².